The van der Waals surface area contributed by atoms with E-state index in [1.807, 2.05) is 18.2 Å². The van der Waals surface area contributed by atoms with E-state index in [9.17, 15) is 0 Å². The molecule has 1 aromatic heterocycles. The van der Waals surface area contributed by atoms with Gasteiger partial charge in [-0.05, 0) is 17.7 Å². The third-order valence-electron chi connectivity index (χ3n) is 2.02. The van der Waals surface area contributed by atoms with Gasteiger partial charge in [-0.3, -0.25) is 0 Å². The maximum atomic E-state index is 8.96. The molecule has 0 saturated carbocycles. The maximum absolute atomic E-state index is 8.96. The van der Waals surface area contributed by atoms with Crippen LogP contribution in [0.2, 0.25) is 0 Å². The highest BCUT2D eigenvalue weighted by atomic mass is 16.5. The molecule has 16 heavy (non-hydrogen) atoms. The third kappa shape index (κ3) is 2.58. The largest absolute Gasteiger partial charge is 0.485 e. The molecule has 0 saturated heterocycles. The Morgan fingerprint density at radius 1 is 1.44 bits per heavy atom. The first-order valence-electron chi connectivity index (χ1n) is 4.90. The lowest BCUT2D eigenvalue weighted by Crippen LogP contribution is -1.98. The van der Waals surface area contributed by atoms with E-state index in [-0.39, 0.29) is 13.2 Å². The number of ether oxygens (including phenoxy) is 1. The van der Waals surface area contributed by atoms with Gasteiger partial charge in [0.15, 0.2) is 6.61 Å². The van der Waals surface area contributed by atoms with Crippen LogP contribution in [0.5, 0.6) is 5.75 Å². The minimum absolute atomic E-state index is 0.00147. The van der Waals surface area contributed by atoms with Crippen molar-refractivity contribution in [2.24, 2.45) is 0 Å². The van der Waals surface area contributed by atoms with Crippen LogP contribution < -0.4 is 4.74 Å². The summed E-state index contributed by atoms with van der Waals surface area (Å²) in [5.41, 5.74) is 0.807. The predicted molar refractivity (Wildman–Crippen MR) is 55.7 cm³/mol. The summed E-state index contributed by atoms with van der Waals surface area (Å²) in [6, 6.07) is 7.23. The van der Waals surface area contributed by atoms with E-state index in [2.05, 4.69) is 10.1 Å². The van der Waals surface area contributed by atoms with Crippen molar-refractivity contribution >= 4 is 0 Å². The summed E-state index contributed by atoms with van der Waals surface area (Å²) in [5.74, 6) is 1.70. The second-order valence-corrected chi connectivity index (χ2v) is 3.32. The van der Waals surface area contributed by atoms with Crippen molar-refractivity contribution in [3.63, 3.8) is 0 Å². The Morgan fingerprint density at radius 2 is 2.31 bits per heavy atom. The first kappa shape index (κ1) is 10.6. The zero-order valence-electron chi connectivity index (χ0n) is 8.88. The van der Waals surface area contributed by atoms with Crippen molar-refractivity contribution in [2.75, 3.05) is 0 Å². The Morgan fingerprint density at radius 3 is 3.00 bits per heavy atom. The normalized spacial score (nSPS) is 10.4. The molecule has 5 nitrogen and oxygen atoms in total. The van der Waals surface area contributed by atoms with Crippen LogP contribution in [-0.4, -0.2) is 15.2 Å². The lowest BCUT2D eigenvalue weighted by Gasteiger charge is -2.04. The second-order valence-electron chi connectivity index (χ2n) is 3.32. The van der Waals surface area contributed by atoms with E-state index in [0.717, 1.165) is 5.56 Å². The van der Waals surface area contributed by atoms with Crippen LogP contribution in [0, 0.1) is 6.92 Å². The van der Waals surface area contributed by atoms with E-state index >= 15 is 0 Å². The van der Waals surface area contributed by atoms with Gasteiger partial charge in [-0.15, -0.1) is 0 Å². The topological polar surface area (TPSA) is 68.4 Å². The number of rotatable bonds is 4. The average Bonchev–Trinajstić information content (AvgIpc) is 2.73. The maximum Gasteiger partial charge on any atom is 0.223 e. The van der Waals surface area contributed by atoms with Crippen LogP contribution in [0.1, 0.15) is 17.3 Å². The molecular formula is C11H12N2O3. The zero-order chi connectivity index (χ0) is 11.4. The molecule has 0 aliphatic rings. The van der Waals surface area contributed by atoms with Crippen LogP contribution in [0.4, 0.5) is 0 Å². The van der Waals surface area contributed by atoms with Crippen molar-refractivity contribution in [1.29, 1.82) is 0 Å². The lowest BCUT2D eigenvalue weighted by atomic mass is 10.2. The van der Waals surface area contributed by atoms with E-state index < -0.39 is 0 Å². The molecule has 0 spiro atoms. The van der Waals surface area contributed by atoms with Crippen LogP contribution in [-0.2, 0) is 13.2 Å². The number of benzene rings is 1. The standard InChI is InChI=1S/C11H12N2O3/c1-8-12-11(13-16-8)7-15-10-4-2-3-9(5-10)6-14/h2-5,14H,6-7H2,1H3. The smallest absolute Gasteiger partial charge is 0.223 e. The van der Waals surface area contributed by atoms with Gasteiger partial charge in [0.2, 0.25) is 11.7 Å². The molecule has 0 radical (unpaired) electrons. The Labute approximate surface area is 92.7 Å². The SMILES string of the molecule is Cc1nc(COc2cccc(CO)c2)no1. The first-order valence-corrected chi connectivity index (χ1v) is 4.90. The third-order valence-corrected chi connectivity index (χ3v) is 2.02. The summed E-state index contributed by atoms with van der Waals surface area (Å²) in [4.78, 5) is 4.02. The zero-order valence-corrected chi connectivity index (χ0v) is 8.88. The van der Waals surface area contributed by atoms with Gasteiger partial charge >= 0.3 is 0 Å². The lowest BCUT2D eigenvalue weighted by molar-refractivity contribution is 0.274. The summed E-state index contributed by atoms with van der Waals surface area (Å²) >= 11 is 0. The van der Waals surface area contributed by atoms with Gasteiger partial charge in [0, 0.05) is 6.92 Å². The van der Waals surface area contributed by atoms with E-state index in [1.165, 1.54) is 0 Å². The molecule has 0 fully saturated rings. The molecule has 0 aliphatic carbocycles. The van der Waals surface area contributed by atoms with Gasteiger partial charge in [-0.1, -0.05) is 17.3 Å². The fraction of sp³-hybridized carbons (Fsp3) is 0.273. The van der Waals surface area contributed by atoms with Crippen LogP contribution in [0.25, 0.3) is 0 Å². The summed E-state index contributed by atoms with van der Waals surface area (Å²) in [5, 5.41) is 12.7. The fourth-order valence-electron chi connectivity index (χ4n) is 1.28. The monoisotopic (exact) mass is 220 g/mol. The first-order chi connectivity index (χ1) is 7.78. The number of hydrogen-bond acceptors (Lipinski definition) is 5. The quantitative estimate of drug-likeness (QED) is 0.844. The van der Waals surface area contributed by atoms with Crippen LogP contribution >= 0.6 is 0 Å². The van der Waals surface area contributed by atoms with Gasteiger partial charge in [0.05, 0.1) is 6.61 Å². The van der Waals surface area contributed by atoms with Crippen molar-refractivity contribution in [1.82, 2.24) is 10.1 Å². The molecule has 0 bridgehead atoms. The molecule has 2 rings (SSSR count). The highest BCUT2D eigenvalue weighted by Crippen LogP contribution is 2.14. The molecule has 1 heterocycles. The van der Waals surface area contributed by atoms with Crippen molar-refractivity contribution in [3.8, 4) is 5.75 Å². The van der Waals surface area contributed by atoms with Gasteiger partial charge in [0.25, 0.3) is 0 Å². The van der Waals surface area contributed by atoms with Gasteiger partial charge in [-0.2, -0.15) is 4.98 Å². The van der Waals surface area contributed by atoms with Gasteiger partial charge in [0.1, 0.15) is 5.75 Å². The summed E-state index contributed by atoms with van der Waals surface area (Å²) < 4.78 is 10.3. The molecule has 0 unspecified atom stereocenters. The summed E-state index contributed by atoms with van der Waals surface area (Å²) in [6.07, 6.45) is 0. The minimum atomic E-state index is -0.00147. The van der Waals surface area contributed by atoms with Crippen molar-refractivity contribution in [2.45, 2.75) is 20.1 Å². The average molecular weight is 220 g/mol. The Kier molecular flexibility index (Phi) is 3.16. The molecule has 2 aromatic rings. The molecular weight excluding hydrogens is 208 g/mol. The molecule has 0 atom stereocenters. The number of aliphatic hydroxyl groups excluding tert-OH is 1. The Balaban J connectivity index is 1.99. The van der Waals surface area contributed by atoms with E-state index in [1.54, 1.807) is 13.0 Å². The predicted octanol–water partition coefficient (Wildman–Crippen LogP) is 1.45. The summed E-state index contributed by atoms with van der Waals surface area (Å²) in [6.45, 7) is 1.98. The highest BCUT2D eigenvalue weighted by Gasteiger charge is 2.03. The molecule has 0 aliphatic heterocycles. The Hall–Kier alpha value is -1.88. The number of hydrogen-bond donors (Lipinski definition) is 1. The van der Waals surface area contributed by atoms with Gasteiger partial charge in [-0.25, -0.2) is 0 Å². The van der Waals surface area contributed by atoms with E-state index in [0.29, 0.717) is 17.5 Å². The molecule has 84 valence electrons. The van der Waals surface area contributed by atoms with Gasteiger partial charge < -0.3 is 14.4 Å². The number of aliphatic hydroxyl groups is 1. The molecule has 1 aromatic carbocycles. The van der Waals surface area contributed by atoms with Crippen molar-refractivity contribution < 1.29 is 14.4 Å². The minimum Gasteiger partial charge on any atom is -0.485 e. The number of aromatic nitrogens is 2. The van der Waals surface area contributed by atoms with Crippen LogP contribution in [0.3, 0.4) is 0 Å². The van der Waals surface area contributed by atoms with Crippen LogP contribution in [0.15, 0.2) is 28.8 Å². The number of aryl methyl sites for hydroxylation is 1. The number of nitrogens with zero attached hydrogens (tertiary/aromatic N) is 2. The highest BCUT2D eigenvalue weighted by molar-refractivity contribution is 5.27. The van der Waals surface area contributed by atoms with E-state index in [4.69, 9.17) is 14.4 Å². The Bertz CT molecular complexity index is 468. The molecule has 1 N–H and O–H groups in total. The second kappa shape index (κ2) is 4.76. The molecule has 0 amide bonds. The fourth-order valence-corrected chi connectivity index (χ4v) is 1.28. The molecule has 5 heteroatoms. The summed E-state index contributed by atoms with van der Waals surface area (Å²) in [7, 11) is 0. The van der Waals surface area contributed by atoms with Crippen molar-refractivity contribution in [3.05, 3.63) is 41.5 Å².